The quantitative estimate of drug-likeness (QED) is 0.755. The summed E-state index contributed by atoms with van der Waals surface area (Å²) in [6.07, 6.45) is 4.27. The summed E-state index contributed by atoms with van der Waals surface area (Å²) in [5.41, 5.74) is 0. The Morgan fingerprint density at radius 1 is 1.29 bits per heavy atom. The first kappa shape index (κ1) is 11.5. The van der Waals surface area contributed by atoms with Gasteiger partial charge in [0.25, 0.3) is 0 Å². The largest absolute Gasteiger partial charge is 0.299 e. The van der Waals surface area contributed by atoms with Crippen LogP contribution < -0.4 is 0 Å². The highest BCUT2D eigenvalue weighted by Crippen LogP contribution is 2.23. The SMILES string of the molecule is CCCC(CC)n1c(Cl)nnc1CC. The molecule has 1 atom stereocenters. The van der Waals surface area contributed by atoms with E-state index in [2.05, 4.69) is 35.5 Å². The van der Waals surface area contributed by atoms with Crippen molar-refractivity contribution in [2.24, 2.45) is 0 Å². The normalized spacial score (nSPS) is 13.1. The third kappa shape index (κ3) is 2.27. The molecule has 1 heterocycles. The molecule has 0 aromatic carbocycles. The molecule has 0 amide bonds. The third-order valence-corrected chi connectivity index (χ3v) is 2.76. The highest BCUT2D eigenvalue weighted by atomic mass is 35.5. The molecular formula is C10H18ClN3. The van der Waals surface area contributed by atoms with Gasteiger partial charge in [-0.1, -0.05) is 27.2 Å². The maximum atomic E-state index is 6.02. The van der Waals surface area contributed by atoms with E-state index in [9.17, 15) is 0 Å². The summed E-state index contributed by atoms with van der Waals surface area (Å²) < 4.78 is 2.07. The highest BCUT2D eigenvalue weighted by Gasteiger charge is 2.16. The molecule has 0 saturated carbocycles. The number of aromatic nitrogens is 3. The predicted molar refractivity (Wildman–Crippen MR) is 58.6 cm³/mol. The van der Waals surface area contributed by atoms with Crippen LogP contribution in [0.2, 0.25) is 5.28 Å². The minimum absolute atomic E-state index is 0.456. The summed E-state index contributed by atoms with van der Waals surface area (Å²) in [6, 6.07) is 0.456. The summed E-state index contributed by atoms with van der Waals surface area (Å²) in [4.78, 5) is 0. The molecule has 1 aromatic rings. The Bertz CT molecular complexity index is 283. The summed E-state index contributed by atoms with van der Waals surface area (Å²) in [5.74, 6) is 0.996. The van der Waals surface area contributed by atoms with Crippen LogP contribution in [0.5, 0.6) is 0 Å². The van der Waals surface area contributed by atoms with E-state index in [0.717, 1.165) is 31.5 Å². The molecule has 0 N–H and O–H groups in total. The van der Waals surface area contributed by atoms with Crippen molar-refractivity contribution in [2.45, 2.75) is 52.5 Å². The van der Waals surface area contributed by atoms with Crippen molar-refractivity contribution in [3.8, 4) is 0 Å². The smallest absolute Gasteiger partial charge is 0.225 e. The molecule has 14 heavy (non-hydrogen) atoms. The lowest BCUT2D eigenvalue weighted by Gasteiger charge is -2.17. The van der Waals surface area contributed by atoms with Crippen molar-refractivity contribution in [3.05, 3.63) is 11.1 Å². The molecular weight excluding hydrogens is 198 g/mol. The van der Waals surface area contributed by atoms with E-state index in [0.29, 0.717) is 11.3 Å². The lowest BCUT2D eigenvalue weighted by molar-refractivity contribution is 0.434. The van der Waals surface area contributed by atoms with Crippen LogP contribution in [0.25, 0.3) is 0 Å². The van der Waals surface area contributed by atoms with E-state index in [-0.39, 0.29) is 0 Å². The Kier molecular flexibility index (Phi) is 4.39. The molecule has 0 bridgehead atoms. The Hall–Kier alpha value is -0.570. The summed E-state index contributed by atoms with van der Waals surface area (Å²) >= 11 is 6.02. The molecule has 0 saturated heterocycles. The molecule has 3 nitrogen and oxygen atoms in total. The molecule has 0 spiro atoms. The van der Waals surface area contributed by atoms with Crippen LogP contribution in [0.4, 0.5) is 0 Å². The summed E-state index contributed by atoms with van der Waals surface area (Å²) in [5, 5.41) is 8.51. The Labute approximate surface area is 90.5 Å². The zero-order chi connectivity index (χ0) is 10.6. The van der Waals surface area contributed by atoms with Crippen molar-refractivity contribution in [1.82, 2.24) is 14.8 Å². The van der Waals surface area contributed by atoms with Gasteiger partial charge < -0.3 is 0 Å². The number of hydrogen-bond acceptors (Lipinski definition) is 2. The van der Waals surface area contributed by atoms with Gasteiger partial charge in [0.05, 0.1) is 0 Å². The molecule has 0 aliphatic heterocycles. The van der Waals surface area contributed by atoms with Gasteiger partial charge in [-0.05, 0) is 24.4 Å². The fourth-order valence-electron chi connectivity index (χ4n) is 1.75. The molecule has 0 aliphatic carbocycles. The lowest BCUT2D eigenvalue weighted by atomic mass is 10.1. The van der Waals surface area contributed by atoms with Crippen molar-refractivity contribution in [3.63, 3.8) is 0 Å². The monoisotopic (exact) mass is 215 g/mol. The number of rotatable bonds is 5. The molecule has 0 aliphatic rings. The van der Waals surface area contributed by atoms with Crippen molar-refractivity contribution in [1.29, 1.82) is 0 Å². The Morgan fingerprint density at radius 3 is 2.50 bits per heavy atom. The lowest BCUT2D eigenvalue weighted by Crippen LogP contribution is -2.11. The zero-order valence-corrected chi connectivity index (χ0v) is 9.88. The first-order chi connectivity index (χ1) is 6.74. The Balaban J connectivity index is 2.94. The van der Waals surface area contributed by atoms with Crippen LogP contribution in [-0.4, -0.2) is 14.8 Å². The van der Waals surface area contributed by atoms with E-state index in [1.807, 2.05) is 0 Å². The van der Waals surface area contributed by atoms with Crippen LogP contribution in [-0.2, 0) is 6.42 Å². The summed E-state index contributed by atoms with van der Waals surface area (Å²) in [6.45, 7) is 6.44. The average Bonchev–Trinajstić information content (AvgIpc) is 2.56. The second-order valence-electron chi connectivity index (χ2n) is 3.46. The molecule has 1 aromatic heterocycles. The fraction of sp³-hybridized carbons (Fsp3) is 0.800. The molecule has 80 valence electrons. The molecule has 1 rings (SSSR count). The van der Waals surface area contributed by atoms with Crippen LogP contribution in [0.3, 0.4) is 0 Å². The van der Waals surface area contributed by atoms with E-state index in [4.69, 9.17) is 11.6 Å². The second kappa shape index (κ2) is 5.35. The minimum Gasteiger partial charge on any atom is -0.299 e. The van der Waals surface area contributed by atoms with Crippen molar-refractivity contribution >= 4 is 11.6 Å². The number of halogens is 1. The molecule has 4 heteroatoms. The van der Waals surface area contributed by atoms with Gasteiger partial charge in [-0.3, -0.25) is 4.57 Å². The van der Waals surface area contributed by atoms with Gasteiger partial charge in [0.15, 0.2) is 0 Å². The van der Waals surface area contributed by atoms with E-state index in [1.165, 1.54) is 0 Å². The maximum Gasteiger partial charge on any atom is 0.225 e. The molecule has 0 radical (unpaired) electrons. The van der Waals surface area contributed by atoms with Crippen molar-refractivity contribution < 1.29 is 0 Å². The van der Waals surface area contributed by atoms with Crippen LogP contribution in [0.15, 0.2) is 0 Å². The Morgan fingerprint density at radius 2 is 2.00 bits per heavy atom. The molecule has 0 fully saturated rings. The van der Waals surface area contributed by atoms with Gasteiger partial charge in [-0.2, -0.15) is 0 Å². The highest BCUT2D eigenvalue weighted by molar-refractivity contribution is 6.28. The number of aryl methyl sites for hydroxylation is 1. The van der Waals surface area contributed by atoms with Gasteiger partial charge in [0.2, 0.25) is 5.28 Å². The van der Waals surface area contributed by atoms with Gasteiger partial charge in [0.1, 0.15) is 5.82 Å². The third-order valence-electron chi connectivity index (χ3n) is 2.50. The van der Waals surface area contributed by atoms with Crippen LogP contribution in [0, 0.1) is 0 Å². The summed E-state index contributed by atoms with van der Waals surface area (Å²) in [7, 11) is 0. The van der Waals surface area contributed by atoms with E-state index in [1.54, 1.807) is 0 Å². The average molecular weight is 216 g/mol. The number of nitrogens with zero attached hydrogens (tertiary/aromatic N) is 3. The first-order valence-electron chi connectivity index (χ1n) is 5.33. The minimum atomic E-state index is 0.456. The van der Waals surface area contributed by atoms with Crippen LogP contribution >= 0.6 is 11.6 Å². The zero-order valence-electron chi connectivity index (χ0n) is 9.13. The maximum absolute atomic E-state index is 6.02. The second-order valence-corrected chi connectivity index (χ2v) is 3.80. The van der Waals surface area contributed by atoms with Gasteiger partial charge >= 0.3 is 0 Å². The molecule has 1 unspecified atom stereocenters. The van der Waals surface area contributed by atoms with Gasteiger partial charge in [-0.25, -0.2) is 0 Å². The predicted octanol–water partition coefficient (Wildman–Crippen LogP) is 3.25. The topological polar surface area (TPSA) is 30.7 Å². The standard InChI is InChI=1S/C10H18ClN3/c1-4-7-8(5-2)14-9(6-3)12-13-10(14)11/h8H,4-7H2,1-3H3. The van der Waals surface area contributed by atoms with Crippen LogP contribution in [0.1, 0.15) is 51.9 Å². The van der Waals surface area contributed by atoms with E-state index < -0.39 is 0 Å². The van der Waals surface area contributed by atoms with Gasteiger partial charge in [0, 0.05) is 12.5 Å². The van der Waals surface area contributed by atoms with E-state index >= 15 is 0 Å². The van der Waals surface area contributed by atoms with Gasteiger partial charge in [-0.15, -0.1) is 10.2 Å². The first-order valence-corrected chi connectivity index (χ1v) is 5.71. The van der Waals surface area contributed by atoms with Crippen molar-refractivity contribution in [2.75, 3.05) is 0 Å². The fourth-order valence-corrected chi connectivity index (χ4v) is 2.03. The number of hydrogen-bond donors (Lipinski definition) is 0.